The first kappa shape index (κ1) is 43.4. The molecular formula is C36H66N2O8. The first-order valence-electron chi connectivity index (χ1n) is 17.0. The molecule has 0 amide bonds. The van der Waals surface area contributed by atoms with Gasteiger partial charge in [-0.25, -0.2) is 4.79 Å². The van der Waals surface area contributed by atoms with Gasteiger partial charge in [-0.05, 0) is 115 Å². The fourth-order valence-electron chi connectivity index (χ4n) is 4.29. The van der Waals surface area contributed by atoms with E-state index in [1.807, 2.05) is 26.8 Å². The van der Waals surface area contributed by atoms with Gasteiger partial charge >= 0.3 is 23.9 Å². The standard InChI is InChI=1S/C36H66N2O8/c1-33(2,3)43-29(39)25-27(31(41)45-35(7,8)9)37-23-21-19-17-15-13-14-16-18-20-22-24-38-28(32(42)46-36(10,11)12)26-30(40)44-34(4,5)6/h21,23,27-28,37-38H,13-20,22,24-26H2,1-12H3. The molecule has 2 atom stereocenters. The summed E-state index contributed by atoms with van der Waals surface area (Å²) in [6, 6.07) is -1.54. The number of hydrogen-bond acceptors (Lipinski definition) is 10. The molecule has 0 aliphatic heterocycles. The first-order valence-corrected chi connectivity index (χ1v) is 17.0. The molecule has 0 bridgehead atoms. The average Bonchev–Trinajstić information content (AvgIpc) is 2.83. The van der Waals surface area contributed by atoms with Gasteiger partial charge in [0.15, 0.2) is 0 Å². The lowest BCUT2D eigenvalue weighted by Crippen LogP contribution is -2.44. The highest BCUT2D eigenvalue weighted by molar-refractivity contribution is 5.83. The molecule has 0 heterocycles. The highest BCUT2D eigenvalue weighted by Gasteiger charge is 2.30. The van der Waals surface area contributed by atoms with Gasteiger partial charge in [0.1, 0.15) is 34.5 Å². The minimum absolute atomic E-state index is 0.0617. The highest BCUT2D eigenvalue weighted by Crippen LogP contribution is 2.16. The minimum Gasteiger partial charge on any atom is -0.460 e. The third-order valence-corrected chi connectivity index (χ3v) is 6.07. The van der Waals surface area contributed by atoms with Crippen LogP contribution in [0.15, 0.2) is 12.3 Å². The van der Waals surface area contributed by atoms with E-state index in [9.17, 15) is 19.2 Å². The van der Waals surface area contributed by atoms with E-state index in [2.05, 4.69) is 10.6 Å². The zero-order valence-corrected chi connectivity index (χ0v) is 31.1. The van der Waals surface area contributed by atoms with Crippen LogP contribution in [0.5, 0.6) is 0 Å². The van der Waals surface area contributed by atoms with Gasteiger partial charge in [0.25, 0.3) is 0 Å². The quantitative estimate of drug-likeness (QED) is 0.0798. The van der Waals surface area contributed by atoms with Crippen molar-refractivity contribution in [3.8, 4) is 0 Å². The van der Waals surface area contributed by atoms with Gasteiger partial charge in [-0.15, -0.1) is 0 Å². The van der Waals surface area contributed by atoms with Gasteiger partial charge < -0.3 is 29.6 Å². The molecule has 0 aromatic rings. The van der Waals surface area contributed by atoms with Crippen LogP contribution in [-0.4, -0.2) is 64.9 Å². The van der Waals surface area contributed by atoms with Crippen molar-refractivity contribution in [1.29, 1.82) is 0 Å². The van der Waals surface area contributed by atoms with E-state index in [-0.39, 0.29) is 12.8 Å². The third kappa shape index (κ3) is 26.6. The lowest BCUT2D eigenvalue weighted by Gasteiger charge is -2.25. The molecule has 0 aromatic heterocycles. The average molecular weight is 655 g/mol. The normalized spacial score (nSPS) is 14.0. The van der Waals surface area contributed by atoms with Crippen molar-refractivity contribution >= 4 is 23.9 Å². The Labute approximate surface area is 279 Å². The number of nitrogens with one attached hydrogen (secondary N) is 2. The second kappa shape index (κ2) is 20.6. The van der Waals surface area contributed by atoms with E-state index in [0.29, 0.717) is 6.54 Å². The Morgan fingerprint density at radius 1 is 0.522 bits per heavy atom. The zero-order valence-electron chi connectivity index (χ0n) is 31.1. The summed E-state index contributed by atoms with van der Waals surface area (Å²) >= 11 is 0. The van der Waals surface area contributed by atoms with E-state index in [4.69, 9.17) is 18.9 Å². The molecular weight excluding hydrogens is 588 g/mol. The molecule has 0 radical (unpaired) electrons. The van der Waals surface area contributed by atoms with Gasteiger partial charge in [0.05, 0.1) is 12.8 Å². The van der Waals surface area contributed by atoms with Crippen molar-refractivity contribution in [1.82, 2.24) is 10.6 Å². The van der Waals surface area contributed by atoms with Crippen LogP contribution in [0.25, 0.3) is 0 Å². The molecule has 0 saturated heterocycles. The summed E-state index contributed by atoms with van der Waals surface area (Å²) < 4.78 is 21.8. The van der Waals surface area contributed by atoms with Crippen LogP contribution in [0, 0.1) is 0 Å². The van der Waals surface area contributed by atoms with Crippen molar-refractivity contribution < 1.29 is 38.1 Å². The van der Waals surface area contributed by atoms with E-state index >= 15 is 0 Å². The predicted octanol–water partition coefficient (Wildman–Crippen LogP) is 7.07. The molecule has 268 valence electrons. The Balaban J connectivity index is 4.35. The number of rotatable bonds is 20. The number of unbranched alkanes of at least 4 members (excludes halogenated alkanes) is 8. The summed E-state index contributed by atoms with van der Waals surface area (Å²) in [5.74, 6) is -1.80. The van der Waals surface area contributed by atoms with Gasteiger partial charge in [0.2, 0.25) is 0 Å². The molecule has 46 heavy (non-hydrogen) atoms. The molecule has 10 nitrogen and oxygen atoms in total. The predicted molar refractivity (Wildman–Crippen MR) is 182 cm³/mol. The lowest BCUT2D eigenvalue weighted by atomic mass is 10.1. The summed E-state index contributed by atoms with van der Waals surface area (Å²) in [7, 11) is 0. The Morgan fingerprint density at radius 3 is 1.33 bits per heavy atom. The SMILES string of the molecule is CC(C)(C)OC(=O)CC(NC=CCCCCCCCCCCNC(CC(=O)OC(C)(C)C)C(=O)OC(C)(C)C)C(=O)OC(C)(C)C. The number of hydrogen-bond donors (Lipinski definition) is 2. The monoisotopic (exact) mass is 654 g/mol. The van der Waals surface area contributed by atoms with Crippen LogP contribution in [0.2, 0.25) is 0 Å². The topological polar surface area (TPSA) is 129 Å². The van der Waals surface area contributed by atoms with Crippen molar-refractivity contribution in [2.45, 2.75) is 188 Å². The molecule has 0 fully saturated rings. The van der Waals surface area contributed by atoms with Gasteiger partial charge in [-0.1, -0.05) is 44.6 Å². The second-order valence-electron chi connectivity index (χ2n) is 15.9. The molecule has 2 N–H and O–H groups in total. The molecule has 0 rings (SSSR count). The summed E-state index contributed by atoms with van der Waals surface area (Å²) in [5.41, 5.74) is -2.52. The number of allylic oxidation sites excluding steroid dienone is 1. The summed E-state index contributed by atoms with van der Waals surface area (Å²) in [6.45, 7) is 22.2. The Hall–Kier alpha value is -2.62. The van der Waals surface area contributed by atoms with Crippen LogP contribution in [0.1, 0.15) is 154 Å². The van der Waals surface area contributed by atoms with Crippen LogP contribution in [0.3, 0.4) is 0 Å². The van der Waals surface area contributed by atoms with Crippen molar-refractivity contribution in [2.24, 2.45) is 0 Å². The van der Waals surface area contributed by atoms with Gasteiger partial charge in [-0.3, -0.25) is 14.4 Å². The largest absolute Gasteiger partial charge is 0.460 e. The molecule has 0 spiro atoms. The van der Waals surface area contributed by atoms with Crippen LogP contribution < -0.4 is 10.6 Å². The van der Waals surface area contributed by atoms with Crippen LogP contribution in [-0.2, 0) is 38.1 Å². The van der Waals surface area contributed by atoms with Crippen molar-refractivity contribution in [3.63, 3.8) is 0 Å². The first-order chi connectivity index (χ1) is 21.0. The maximum absolute atomic E-state index is 12.7. The Morgan fingerprint density at radius 2 is 0.891 bits per heavy atom. The summed E-state index contributed by atoms with van der Waals surface area (Å²) in [4.78, 5) is 49.9. The fraction of sp³-hybridized carbons (Fsp3) is 0.833. The zero-order chi connectivity index (χ0) is 35.6. The molecule has 0 saturated carbocycles. The number of ether oxygens (including phenoxy) is 4. The van der Waals surface area contributed by atoms with Gasteiger partial charge in [-0.2, -0.15) is 0 Å². The summed E-state index contributed by atoms with van der Waals surface area (Å²) in [5, 5.41) is 6.23. The fourth-order valence-corrected chi connectivity index (χ4v) is 4.29. The summed E-state index contributed by atoms with van der Waals surface area (Å²) in [6.07, 6.45) is 13.1. The Kier molecular flexibility index (Phi) is 19.4. The van der Waals surface area contributed by atoms with Crippen molar-refractivity contribution in [3.05, 3.63) is 12.3 Å². The van der Waals surface area contributed by atoms with E-state index in [1.165, 1.54) is 0 Å². The van der Waals surface area contributed by atoms with E-state index < -0.39 is 58.4 Å². The maximum atomic E-state index is 12.7. The number of carbonyl (C=O) groups is 4. The molecule has 0 aliphatic carbocycles. The van der Waals surface area contributed by atoms with Crippen molar-refractivity contribution in [2.75, 3.05) is 6.54 Å². The Bertz CT molecular complexity index is 949. The van der Waals surface area contributed by atoms with Crippen LogP contribution >= 0.6 is 0 Å². The minimum atomic E-state index is -0.811. The van der Waals surface area contributed by atoms with Crippen LogP contribution in [0.4, 0.5) is 0 Å². The van der Waals surface area contributed by atoms with Gasteiger partial charge in [0, 0.05) is 0 Å². The molecule has 10 heteroatoms. The highest BCUT2D eigenvalue weighted by atomic mass is 16.6. The van der Waals surface area contributed by atoms with E-state index in [0.717, 1.165) is 57.8 Å². The molecule has 0 aliphatic rings. The maximum Gasteiger partial charge on any atom is 0.329 e. The third-order valence-electron chi connectivity index (χ3n) is 6.07. The number of esters is 4. The van der Waals surface area contributed by atoms with E-state index in [1.54, 1.807) is 68.5 Å². The molecule has 0 aromatic carbocycles. The lowest BCUT2D eigenvalue weighted by molar-refractivity contribution is -0.164. The smallest absolute Gasteiger partial charge is 0.329 e. The second-order valence-corrected chi connectivity index (χ2v) is 15.9. The molecule has 2 unspecified atom stereocenters. The number of carbonyl (C=O) groups excluding carboxylic acids is 4.